The summed E-state index contributed by atoms with van der Waals surface area (Å²) in [6, 6.07) is 4.47. The number of rotatable bonds is 2. The van der Waals surface area contributed by atoms with E-state index in [0.717, 1.165) is 9.79 Å². The quantitative estimate of drug-likeness (QED) is 0.593. The van der Waals surface area contributed by atoms with Gasteiger partial charge in [-0.05, 0) is 5.19 Å². The minimum atomic E-state index is -1.35. The minimum Gasteiger partial charge on any atom is -0.778 e. The van der Waals surface area contributed by atoms with Crippen molar-refractivity contribution in [2.24, 2.45) is 0 Å². The summed E-state index contributed by atoms with van der Waals surface area (Å²) in [7, 11) is -2.69. The number of benzene rings is 1. The fourth-order valence-corrected chi connectivity index (χ4v) is 6.90. The van der Waals surface area contributed by atoms with Gasteiger partial charge in [-0.3, -0.25) is 0 Å². The summed E-state index contributed by atoms with van der Waals surface area (Å²) in [5.41, 5.74) is 0. The lowest BCUT2D eigenvalue weighted by Crippen LogP contribution is -2.44. The van der Waals surface area contributed by atoms with Crippen molar-refractivity contribution in [3.8, 4) is 0 Å². The lowest BCUT2D eigenvalue weighted by molar-refractivity contribution is 1.31. The topological polar surface area (TPSA) is 0 Å². The first-order valence-corrected chi connectivity index (χ1v) is 13.4. The van der Waals surface area contributed by atoms with Gasteiger partial charge in [0, 0.05) is 4.90 Å². The average molecular weight is 285 g/mol. The highest BCUT2D eigenvalue weighted by molar-refractivity contribution is 7.81. The highest BCUT2D eigenvalue weighted by atomic mass is 32.1. The van der Waals surface area contributed by atoms with Crippen LogP contribution in [0.5, 0.6) is 0 Å². The van der Waals surface area contributed by atoms with Crippen LogP contribution in [0.1, 0.15) is 0 Å². The molecular weight excluding hydrogens is 264 g/mol. The molecule has 0 spiro atoms. The highest BCUT2D eigenvalue weighted by Gasteiger charge is 2.23. The summed E-state index contributed by atoms with van der Waals surface area (Å²) in [4.78, 5) is 1.91. The van der Waals surface area contributed by atoms with Gasteiger partial charge in [-0.25, -0.2) is 0 Å². The average Bonchev–Trinajstić information content (AvgIpc) is 2.05. The van der Waals surface area contributed by atoms with Crippen molar-refractivity contribution >= 4 is 51.8 Å². The standard InChI is InChI=1S/C12H21S2Si2/c1-15(2,3)9-7-8-10(16(4,5)6)12(14)11(9)13/h7-8,13H,1-6H3/p-1. The van der Waals surface area contributed by atoms with Crippen molar-refractivity contribution in [2.45, 2.75) is 49.1 Å². The van der Waals surface area contributed by atoms with Gasteiger partial charge in [-0.2, -0.15) is 4.90 Å². The fourth-order valence-electron chi connectivity index (χ4n) is 1.74. The molecule has 1 aromatic rings. The lowest BCUT2D eigenvalue weighted by Gasteiger charge is -2.30. The van der Waals surface area contributed by atoms with Crippen LogP contribution in [0.2, 0.25) is 39.3 Å². The van der Waals surface area contributed by atoms with Gasteiger partial charge < -0.3 is 12.6 Å². The van der Waals surface area contributed by atoms with Crippen LogP contribution in [0.15, 0.2) is 21.9 Å². The van der Waals surface area contributed by atoms with E-state index in [4.69, 9.17) is 25.3 Å². The molecule has 0 aliphatic heterocycles. The van der Waals surface area contributed by atoms with Crippen LogP contribution in [0, 0.1) is 0 Å². The van der Waals surface area contributed by atoms with Gasteiger partial charge >= 0.3 is 0 Å². The van der Waals surface area contributed by atoms with Gasteiger partial charge in [-0.15, -0.1) is 0 Å². The summed E-state index contributed by atoms with van der Waals surface area (Å²) in [5, 5.41) is 2.68. The minimum absolute atomic E-state index is 0.953. The van der Waals surface area contributed by atoms with Crippen molar-refractivity contribution in [2.75, 3.05) is 0 Å². The Kier molecular flexibility index (Phi) is 3.90. The molecule has 0 heterocycles. The summed E-state index contributed by atoms with van der Waals surface area (Å²) >= 11 is 11.1. The van der Waals surface area contributed by atoms with Crippen LogP contribution in [0.25, 0.3) is 0 Å². The predicted molar refractivity (Wildman–Crippen MR) is 83.9 cm³/mol. The second-order valence-electron chi connectivity index (χ2n) is 6.32. The van der Waals surface area contributed by atoms with Crippen LogP contribution >= 0.6 is 12.6 Å². The fraction of sp³-hybridized carbons (Fsp3) is 0.500. The third-order valence-corrected chi connectivity index (χ3v) is 8.13. The van der Waals surface area contributed by atoms with Crippen LogP contribution < -0.4 is 10.4 Å². The Labute approximate surface area is 113 Å². The molecule has 16 heavy (non-hydrogen) atoms. The Morgan fingerprint density at radius 1 is 0.875 bits per heavy atom. The molecule has 0 nitrogen and oxygen atoms in total. The van der Waals surface area contributed by atoms with Crippen LogP contribution in [0.3, 0.4) is 0 Å². The smallest absolute Gasteiger partial charge is 0.0794 e. The Balaban J connectivity index is 3.41. The van der Waals surface area contributed by atoms with Crippen LogP contribution in [-0.2, 0) is 12.6 Å². The van der Waals surface area contributed by atoms with Crippen LogP contribution in [0.4, 0.5) is 0 Å². The summed E-state index contributed by atoms with van der Waals surface area (Å²) in [6.45, 7) is 13.9. The predicted octanol–water partition coefficient (Wildman–Crippen LogP) is 3.24. The van der Waals surface area contributed by atoms with Crippen molar-refractivity contribution in [3.05, 3.63) is 12.1 Å². The maximum atomic E-state index is 5.55. The molecule has 0 aromatic heterocycles. The highest BCUT2D eigenvalue weighted by Crippen LogP contribution is 2.17. The molecule has 0 atom stereocenters. The molecule has 89 valence electrons. The van der Waals surface area contributed by atoms with E-state index in [0.29, 0.717) is 0 Å². The van der Waals surface area contributed by atoms with E-state index >= 15 is 0 Å². The lowest BCUT2D eigenvalue weighted by atomic mass is 10.3. The zero-order valence-electron chi connectivity index (χ0n) is 11.0. The normalized spacial score (nSPS) is 12.9. The number of hydrogen-bond donors (Lipinski definition) is 0. The Hall–Kier alpha value is 0.0938. The van der Waals surface area contributed by atoms with Crippen molar-refractivity contribution in [1.29, 1.82) is 0 Å². The van der Waals surface area contributed by atoms with Gasteiger partial charge in [0.15, 0.2) is 0 Å². The molecule has 0 fully saturated rings. The monoisotopic (exact) mass is 284 g/mol. The molecule has 0 aliphatic rings. The molecule has 1 radical (unpaired) electrons. The molecule has 1 rings (SSSR count). The van der Waals surface area contributed by atoms with E-state index in [1.54, 1.807) is 0 Å². The van der Waals surface area contributed by atoms with Crippen molar-refractivity contribution < 1.29 is 0 Å². The first-order valence-electron chi connectivity index (χ1n) is 5.57. The van der Waals surface area contributed by atoms with Gasteiger partial charge in [0.2, 0.25) is 0 Å². The SMILES string of the molecule is C[Si](C)(C)c1ccc([Si](C)(C)C)c([S-])c1[S]. The molecule has 0 aliphatic carbocycles. The maximum Gasteiger partial charge on any atom is 0.0794 e. The molecule has 0 saturated carbocycles. The summed E-state index contributed by atoms with van der Waals surface area (Å²) in [5.74, 6) is 0. The molecule has 1 aromatic carbocycles. The second-order valence-corrected chi connectivity index (χ2v) is 17.2. The third kappa shape index (κ3) is 2.85. The van der Waals surface area contributed by atoms with Gasteiger partial charge in [0.25, 0.3) is 0 Å². The van der Waals surface area contributed by atoms with Crippen molar-refractivity contribution in [3.63, 3.8) is 0 Å². The third-order valence-electron chi connectivity index (χ3n) is 2.73. The molecule has 0 unspecified atom stereocenters. The van der Waals surface area contributed by atoms with E-state index < -0.39 is 16.1 Å². The van der Waals surface area contributed by atoms with Gasteiger partial charge in [0.1, 0.15) is 0 Å². The molecule has 0 saturated heterocycles. The van der Waals surface area contributed by atoms with Crippen LogP contribution in [-0.4, -0.2) is 16.1 Å². The molecule has 0 N–H and O–H groups in total. The van der Waals surface area contributed by atoms with E-state index in [-0.39, 0.29) is 0 Å². The van der Waals surface area contributed by atoms with Gasteiger partial charge in [-0.1, -0.05) is 69.2 Å². The second kappa shape index (κ2) is 4.40. The van der Waals surface area contributed by atoms with E-state index in [1.165, 1.54) is 10.4 Å². The first kappa shape index (κ1) is 14.2. The van der Waals surface area contributed by atoms with E-state index in [9.17, 15) is 0 Å². The Morgan fingerprint density at radius 3 is 1.62 bits per heavy atom. The molecule has 0 amide bonds. The maximum absolute atomic E-state index is 5.55. The number of hydrogen-bond acceptors (Lipinski definition) is 1. The molecule has 0 bridgehead atoms. The summed E-state index contributed by atoms with van der Waals surface area (Å²) in [6.07, 6.45) is 0. The van der Waals surface area contributed by atoms with E-state index in [1.807, 2.05) is 0 Å². The Morgan fingerprint density at radius 2 is 1.25 bits per heavy atom. The summed E-state index contributed by atoms with van der Waals surface area (Å²) < 4.78 is 0. The zero-order chi connectivity index (χ0) is 12.7. The Bertz CT molecular complexity index is 362. The zero-order valence-corrected chi connectivity index (χ0v) is 14.6. The van der Waals surface area contributed by atoms with Crippen molar-refractivity contribution in [1.82, 2.24) is 0 Å². The molecule has 4 heteroatoms. The first-order chi connectivity index (χ1) is 7.05. The molecular formula is C12H20S2Si2-. The van der Waals surface area contributed by atoms with Gasteiger partial charge in [0.05, 0.1) is 16.1 Å². The van der Waals surface area contributed by atoms with E-state index in [2.05, 4.69) is 51.4 Å². The largest absolute Gasteiger partial charge is 0.778 e.